The molecular weight excluding hydrogens is 256 g/mol. The summed E-state index contributed by atoms with van der Waals surface area (Å²) < 4.78 is 5.46. The van der Waals surface area contributed by atoms with Crippen molar-refractivity contribution in [1.29, 1.82) is 0 Å². The van der Waals surface area contributed by atoms with Crippen molar-refractivity contribution < 1.29 is 14.3 Å². The summed E-state index contributed by atoms with van der Waals surface area (Å²) in [6.07, 6.45) is 1.25. The van der Waals surface area contributed by atoms with Gasteiger partial charge in [-0.1, -0.05) is 18.2 Å². The molecule has 20 heavy (non-hydrogen) atoms. The third-order valence-electron chi connectivity index (χ3n) is 3.95. The molecular formula is C15H18N2O3. The Morgan fingerprint density at radius 1 is 1.40 bits per heavy atom. The van der Waals surface area contributed by atoms with Gasteiger partial charge in [-0.05, 0) is 31.4 Å². The molecule has 0 spiro atoms. The van der Waals surface area contributed by atoms with Crippen LogP contribution in [0.5, 0.6) is 0 Å². The number of carbonyl (C=O) groups is 2. The third-order valence-corrected chi connectivity index (χ3v) is 3.95. The van der Waals surface area contributed by atoms with Crippen molar-refractivity contribution in [2.24, 2.45) is 0 Å². The van der Waals surface area contributed by atoms with Gasteiger partial charge in [-0.3, -0.25) is 9.59 Å². The molecule has 3 rings (SSSR count). The molecule has 5 heteroatoms. The molecule has 1 fully saturated rings. The van der Waals surface area contributed by atoms with Gasteiger partial charge in [0.05, 0.1) is 0 Å². The Balaban J connectivity index is 1.89. The summed E-state index contributed by atoms with van der Waals surface area (Å²) in [6, 6.07) is 7.10. The van der Waals surface area contributed by atoms with Crippen LogP contribution in [0.15, 0.2) is 24.3 Å². The molecule has 0 saturated carbocycles. The van der Waals surface area contributed by atoms with Gasteiger partial charge in [0.2, 0.25) is 5.91 Å². The fraction of sp³-hybridized carbons (Fsp3) is 0.467. The van der Waals surface area contributed by atoms with Crippen molar-refractivity contribution in [3.63, 3.8) is 0 Å². The number of nitrogens with zero attached hydrogens (tertiary/aromatic N) is 1. The predicted molar refractivity (Wildman–Crippen MR) is 74.1 cm³/mol. The van der Waals surface area contributed by atoms with E-state index in [9.17, 15) is 9.59 Å². The first-order chi connectivity index (χ1) is 9.66. The van der Waals surface area contributed by atoms with Gasteiger partial charge in [-0.25, -0.2) is 0 Å². The molecule has 0 aromatic heterocycles. The van der Waals surface area contributed by atoms with Crippen LogP contribution in [0.3, 0.4) is 0 Å². The highest BCUT2D eigenvalue weighted by atomic mass is 16.5. The third kappa shape index (κ3) is 2.29. The second kappa shape index (κ2) is 5.25. The van der Waals surface area contributed by atoms with E-state index in [1.54, 1.807) is 11.8 Å². The Morgan fingerprint density at radius 2 is 2.20 bits per heavy atom. The molecule has 2 heterocycles. The van der Waals surface area contributed by atoms with Crippen molar-refractivity contribution in [3.8, 4) is 0 Å². The first kappa shape index (κ1) is 13.1. The quantitative estimate of drug-likeness (QED) is 0.845. The van der Waals surface area contributed by atoms with E-state index in [4.69, 9.17) is 4.74 Å². The van der Waals surface area contributed by atoms with Gasteiger partial charge in [0.25, 0.3) is 5.91 Å². The number of rotatable bonds is 1. The minimum atomic E-state index is -0.487. The SMILES string of the molecule is CC1C(=O)Nc2ccccc2CN1C(=O)[C@@H]1CCCO1. The number of amides is 2. The first-order valence-electron chi connectivity index (χ1n) is 6.97. The van der Waals surface area contributed by atoms with Crippen LogP contribution >= 0.6 is 0 Å². The van der Waals surface area contributed by atoms with Gasteiger partial charge >= 0.3 is 0 Å². The summed E-state index contributed by atoms with van der Waals surface area (Å²) in [5.41, 5.74) is 1.74. The number of ether oxygens (including phenoxy) is 1. The zero-order chi connectivity index (χ0) is 14.1. The number of nitrogens with one attached hydrogen (secondary N) is 1. The molecule has 0 radical (unpaired) electrons. The van der Waals surface area contributed by atoms with Crippen LogP contribution in [-0.2, 0) is 20.9 Å². The van der Waals surface area contributed by atoms with Crippen LogP contribution < -0.4 is 5.32 Å². The van der Waals surface area contributed by atoms with E-state index in [1.165, 1.54) is 0 Å². The average Bonchev–Trinajstić information content (AvgIpc) is 2.95. The number of carbonyl (C=O) groups excluding carboxylic acids is 2. The van der Waals surface area contributed by atoms with E-state index in [1.807, 2.05) is 24.3 Å². The van der Waals surface area contributed by atoms with E-state index in [2.05, 4.69) is 5.32 Å². The Hall–Kier alpha value is -1.88. The van der Waals surface area contributed by atoms with Crippen molar-refractivity contribution in [2.45, 2.75) is 38.5 Å². The molecule has 1 aromatic carbocycles. The van der Waals surface area contributed by atoms with Crippen LogP contribution in [0.25, 0.3) is 0 Å². The van der Waals surface area contributed by atoms with Crippen LogP contribution in [-0.4, -0.2) is 35.5 Å². The molecule has 0 bridgehead atoms. The lowest BCUT2D eigenvalue weighted by atomic mass is 10.1. The minimum absolute atomic E-state index is 0.0816. The lowest BCUT2D eigenvalue weighted by molar-refractivity contribution is -0.146. The molecule has 2 amide bonds. The fourth-order valence-electron chi connectivity index (χ4n) is 2.71. The van der Waals surface area contributed by atoms with E-state index in [0.717, 1.165) is 24.1 Å². The molecule has 5 nitrogen and oxygen atoms in total. The molecule has 1 unspecified atom stereocenters. The molecule has 1 saturated heterocycles. The molecule has 2 atom stereocenters. The number of hydrogen-bond donors (Lipinski definition) is 1. The van der Waals surface area contributed by atoms with Gasteiger partial charge in [0.15, 0.2) is 0 Å². The van der Waals surface area contributed by atoms with Crippen molar-refractivity contribution in [2.75, 3.05) is 11.9 Å². The predicted octanol–water partition coefficient (Wildman–Crippen LogP) is 1.53. The van der Waals surface area contributed by atoms with Gasteiger partial charge in [-0.2, -0.15) is 0 Å². The van der Waals surface area contributed by atoms with Crippen molar-refractivity contribution in [1.82, 2.24) is 4.90 Å². The fourth-order valence-corrected chi connectivity index (χ4v) is 2.71. The second-order valence-corrected chi connectivity index (χ2v) is 5.29. The van der Waals surface area contributed by atoms with E-state index >= 15 is 0 Å². The number of fused-ring (bicyclic) bond motifs is 1. The summed E-state index contributed by atoms with van der Waals surface area (Å²) in [7, 11) is 0. The lowest BCUT2D eigenvalue weighted by Gasteiger charge is -2.28. The molecule has 1 aromatic rings. The standard InChI is InChI=1S/C15H18N2O3/c1-10-14(18)16-12-6-3-2-5-11(12)9-17(10)15(19)13-7-4-8-20-13/h2-3,5-6,10,13H,4,7-9H2,1H3,(H,16,18)/t10?,13-/m0/s1. The van der Waals surface area contributed by atoms with Gasteiger partial charge in [0.1, 0.15) is 12.1 Å². The van der Waals surface area contributed by atoms with Crippen LogP contribution in [0.2, 0.25) is 0 Å². The highest BCUT2D eigenvalue weighted by Gasteiger charge is 2.35. The molecule has 2 aliphatic rings. The minimum Gasteiger partial charge on any atom is -0.368 e. The number of hydrogen-bond acceptors (Lipinski definition) is 3. The number of anilines is 1. The van der Waals surface area contributed by atoms with Crippen LogP contribution in [0.1, 0.15) is 25.3 Å². The smallest absolute Gasteiger partial charge is 0.252 e. The topological polar surface area (TPSA) is 58.6 Å². The summed E-state index contributed by atoms with van der Waals surface area (Å²) in [5, 5.41) is 2.87. The zero-order valence-electron chi connectivity index (χ0n) is 11.5. The van der Waals surface area contributed by atoms with Gasteiger partial charge in [0, 0.05) is 18.8 Å². The number of para-hydroxylation sites is 1. The monoisotopic (exact) mass is 274 g/mol. The molecule has 1 N–H and O–H groups in total. The molecule has 2 aliphatic heterocycles. The van der Waals surface area contributed by atoms with Crippen molar-refractivity contribution >= 4 is 17.5 Å². The second-order valence-electron chi connectivity index (χ2n) is 5.29. The zero-order valence-corrected chi connectivity index (χ0v) is 11.5. The Kier molecular flexibility index (Phi) is 3.44. The highest BCUT2D eigenvalue weighted by molar-refractivity contribution is 5.99. The Morgan fingerprint density at radius 3 is 2.95 bits per heavy atom. The Labute approximate surface area is 117 Å². The molecule has 0 aliphatic carbocycles. The van der Waals surface area contributed by atoms with Crippen LogP contribution in [0.4, 0.5) is 5.69 Å². The van der Waals surface area contributed by atoms with E-state index < -0.39 is 12.1 Å². The van der Waals surface area contributed by atoms with E-state index in [0.29, 0.717) is 13.2 Å². The van der Waals surface area contributed by atoms with E-state index in [-0.39, 0.29) is 11.8 Å². The summed E-state index contributed by atoms with van der Waals surface area (Å²) in [5.74, 6) is -0.233. The van der Waals surface area contributed by atoms with Crippen LogP contribution in [0, 0.1) is 0 Å². The maximum Gasteiger partial charge on any atom is 0.252 e. The summed E-state index contributed by atoms with van der Waals surface area (Å²) >= 11 is 0. The number of benzene rings is 1. The van der Waals surface area contributed by atoms with Gasteiger partial charge < -0.3 is 15.0 Å². The normalized spacial score (nSPS) is 25.9. The van der Waals surface area contributed by atoms with Gasteiger partial charge in [-0.15, -0.1) is 0 Å². The largest absolute Gasteiger partial charge is 0.368 e. The first-order valence-corrected chi connectivity index (χ1v) is 6.97. The summed E-state index contributed by atoms with van der Waals surface area (Å²) in [4.78, 5) is 26.3. The summed E-state index contributed by atoms with van der Waals surface area (Å²) in [6.45, 7) is 2.82. The highest BCUT2D eigenvalue weighted by Crippen LogP contribution is 2.25. The molecule has 106 valence electrons. The average molecular weight is 274 g/mol. The maximum absolute atomic E-state index is 12.5. The lowest BCUT2D eigenvalue weighted by Crippen LogP contribution is -2.47. The maximum atomic E-state index is 12.5. The van der Waals surface area contributed by atoms with Crippen molar-refractivity contribution in [3.05, 3.63) is 29.8 Å². The Bertz CT molecular complexity index is 538.